The summed E-state index contributed by atoms with van der Waals surface area (Å²) in [4.78, 5) is 37.7. The van der Waals surface area contributed by atoms with E-state index in [1.54, 1.807) is 32.0 Å². The molecular weight excluding hydrogens is 298 g/mol. The van der Waals surface area contributed by atoms with Crippen LogP contribution in [-0.4, -0.2) is 35.6 Å². The monoisotopic (exact) mass is 315 g/mol. The van der Waals surface area contributed by atoms with E-state index < -0.39 is 17.4 Å². The maximum atomic E-state index is 12.6. The van der Waals surface area contributed by atoms with E-state index in [4.69, 9.17) is 9.47 Å². The highest BCUT2D eigenvalue weighted by atomic mass is 16.6. The molecule has 0 radical (unpaired) electrons. The zero-order valence-electron chi connectivity index (χ0n) is 13.0. The molecule has 1 aromatic heterocycles. The topological polar surface area (TPSA) is 74.6 Å². The molecule has 0 atom stereocenters. The van der Waals surface area contributed by atoms with Crippen molar-refractivity contribution < 1.29 is 23.9 Å². The van der Waals surface area contributed by atoms with Crippen molar-refractivity contribution in [2.24, 2.45) is 0 Å². The summed E-state index contributed by atoms with van der Waals surface area (Å²) >= 11 is 0. The zero-order valence-corrected chi connectivity index (χ0v) is 13.0. The molecule has 6 nitrogen and oxygen atoms in total. The van der Waals surface area contributed by atoms with Crippen LogP contribution in [0.15, 0.2) is 30.3 Å². The number of nitrogens with zero attached hydrogens (tertiary/aromatic N) is 1. The summed E-state index contributed by atoms with van der Waals surface area (Å²) in [5.41, 5.74) is -0.731. The van der Waals surface area contributed by atoms with Gasteiger partial charge in [0.15, 0.2) is 0 Å². The van der Waals surface area contributed by atoms with E-state index in [1.165, 1.54) is 4.57 Å². The lowest BCUT2D eigenvalue weighted by atomic mass is 9.83. The molecule has 0 bridgehead atoms. The van der Waals surface area contributed by atoms with Crippen molar-refractivity contribution in [1.29, 1.82) is 0 Å². The smallest absolute Gasteiger partial charge is 0.330 e. The summed E-state index contributed by atoms with van der Waals surface area (Å²) in [5.74, 6) is -1.80. The number of ether oxygens (including phenoxy) is 2. The number of carbonyl (C=O) groups excluding carboxylic acids is 3. The van der Waals surface area contributed by atoms with Crippen LogP contribution in [0, 0.1) is 0 Å². The SMILES string of the molecule is CCOC(=O)C1(C(=O)OCC)CC(=O)n2c1cc1ccccc12. The second-order valence-corrected chi connectivity index (χ2v) is 5.34. The average Bonchev–Trinajstić information content (AvgIpc) is 3.04. The summed E-state index contributed by atoms with van der Waals surface area (Å²) < 4.78 is 11.6. The maximum absolute atomic E-state index is 12.6. The van der Waals surface area contributed by atoms with Crippen molar-refractivity contribution in [2.45, 2.75) is 25.7 Å². The predicted octanol–water partition coefficient (Wildman–Crippen LogP) is 2.05. The summed E-state index contributed by atoms with van der Waals surface area (Å²) in [7, 11) is 0. The molecular formula is C17H17NO5. The number of esters is 2. The molecule has 2 aromatic rings. The van der Waals surface area contributed by atoms with Gasteiger partial charge in [0, 0.05) is 5.39 Å². The lowest BCUT2D eigenvalue weighted by molar-refractivity contribution is -0.164. The molecule has 3 rings (SSSR count). The predicted molar refractivity (Wildman–Crippen MR) is 82.1 cm³/mol. The number of hydrogen-bond acceptors (Lipinski definition) is 5. The Morgan fingerprint density at radius 2 is 1.74 bits per heavy atom. The van der Waals surface area contributed by atoms with Gasteiger partial charge in [0.2, 0.25) is 11.3 Å². The standard InChI is InChI=1S/C17H17NO5/c1-3-22-15(20)17(16(21)23-4-2)10-14(19)18-12-8-6-5-7-11(12)9-13(17)18/h5-9H,3-4,10H2,1-2H3. The highest BCUT2D eigenvalue weighted by Crippen LogP contribution is 2.41. The van der Waals surface area contributed by atoms with Crippen molar-refractivity contribution in [2.75, 3.05) is 13.2 Å². The zero-order chi connectivity index (χ0) is 16.6. The van der Waals surface area contributed by atoms with Crippen LogP contribution in [0.2, 0.25) is 0 Å². The second-order valence-electron chi connectivity index (χ2n) is 5.34. The van der Waals surface area contributed by atoms with E-state index in [2.05, 4.69) is 0 Å². The van der Waals surface area contributed by atoms with Gasteiger partial charge >= 0.3 is 11.9 Å². The summed E-state index contributed by atoms with van der Waals surface area (Å²) in [6, 6.07) is 8.93. The van der Waals surface area contributed by atoms with Crippen molar-refractivity contribution in [3.63, 3.8) is 0 Å². The Hall–Kier alpha value is -2.63. The molecule has 23 heavy (non-hydrogen) atoms. The van der Waals surface area contributed by atoms with Crippen molar-refractivity contribution in [3.8, 4) is 0 Å². The molecule has 1 aliphatic rings. The molecule has 2 heterocycles. The molecule has 6 heteroatoms. The second kappa shape index (κ2) is 5.53. The maximum Gasteiger partial charge on any atom is 0.330 e. The van der Waals surface area contributed by atoms with Gasteiger partial charge in [-0.1, -0.05) is 18.2 Å². The van der Waals surface area contributed by atoms with Crippen molar-refractivity contribution in [3.05, 3.63) is 36.0 Å². The third-order valence-corrected chi connectivity index (χ3v) is 4.06. The third kappa shape index (κ3) is 2.05. The summed E-state index contributed by atoms with van der Waals surface area (Å²) in [5, 5.41) is 0.786. The number of fused-ring (bicyclic) bond motifs is 3. The number of rotatable bonds is 4. The van der Waals surface area contributed by atoms with Crippen molar-refractivity contribution >= 4 is 28.7 Å². The fraction of sp³-hybridized carbons (Fsp3) is 0.353. The summed E-state index contributed by atoms with van der Waals surface area (Å²) in [6.07, 6.45) is -0.273. The van der Waals surface area contributed by atoms with Crippen LogP contribution in [0.3, 0.4) is 0 Å². The number of hydrogen-bond donors (Lipinski definition) is 0. The number of benzene rings is 1. The number of carbonyl (C=O) groups is 3. The van der Waals surface area contributed by atoms with Gasteiger partial charge in [-0.05, 0) is 26.0 Å². The molecule has 0 unspecified atom stereocenters. The molecule has 0 N–H and O–H groups in total. The third-order valence-electron chi connectivity index (χ3n) is 4.06. The largest absolute Gasteiger partial charge is 0.465 e. The molecule has 0 spiro atoms. The highest BCUT2D eigenvalue weighted by molar-refractivity contribution is 6.15. The van der Waals surface area contributed by atoms with Gasteiger partial charge in [-0.15, -0.1) is 0 Å². The molecule has 120 valence electrons. The Morgan fingerprint density at radius 3 is 2.35 bits per heavy atom. The molecule has 0 saturated carbocycles. The van der Waals surface area contributed by atoms with E-state index in [9.17, 15) is 14.4 Å². The Balaban J connectivity index is 2.25. The van der Waals surface area contributed by atoms with E-state index in [1.807, 2.05) is 12.1 Å². The van der Waals surface area contributed by atoms with Crippen LogP contribution in [0.1, 0.15) is 30.8 Å². The van der Waals surface area contributed by atoms with Gasteiger partial charge < -0.3 is 9.47 Å². The van der Waals surface area contributed by atoms with Gasteiger partial charge in [-0.2, -0.15) is 0 Å². The Kier molecular flexibility index (Phi) is 3.67. The lowest BCUT2D eigenvalue weighted by Crippen LogP contribution is -2.44. The minimum atomic E-state index is -1.72. The van der Waals surface area contributed by atoms with Gasteiger partial charge in [-0.3, -0.25) is 19.0 Å². The lowest BCUT2D eigenvalue weighted by Gasteiger charge is -2.23. The van der Waals surface area contributed by atoms with Gasteiger partial charge in [-0.25, -0.2) is 0 Å². The van der Waals surface area contributed by atoms with E-state index in [0.717, 1.165) is 5.39 Å². The fourth-order valence-corrected chi connectivity index (χ4v) is 3.08. The van der Waals surface area contributed by atoms with E-state index in [-0.39, 0.29) is 25.5 Å². The number of para-hydroxylation sites is 1. The normalized spacial score (nSPS) is 15.5. The molecule has 0 amide bonds. The molecule has 1 aliphatic heterocycles. The Morgan fingerprint density at radius 1 is 1.13 bits per heavy atom. The van der Waals surface area contributed by atoms with Gasteiger partial charge in [0.25, 0.3) is 0 Å². The first kappa shape index (κ1) is 15.3. The first-order chi connectivity index (χ1) is 11.1. The van der Waals surface area contributed by atoms with E-state index in [0.29, 0.717) is 11.2 Å². The molecule has 0 saturated heterocycles. The Bertz CT molecular complexity index is 786. The van der Waals surface area contributed by atoms with Crippen LogP contribution in [0.5, 0.6) is 0 Å². The molecule has 0 fully saturated rings. The fourth-order valence-electron chi connectivity index (χ4n) is 3.08. The minimum absolute atomic E-state index is 0.119. The van der Waals surface area contributed by atoms with Crippen LogP contribution < -0.4 is 0 Å². The molecule has 0 aliphatic carbocycles. The summed E-state index contributed by atoms with van der Waals surface area (Å²) in [6.45, 7) is 3.55. The van der Waals surface area contributed by atoms with Gasteiger partial charge in [0.1, 0.15) is 0 Å². The minimum Gasteiger partial charge on any atom is -0.465 e. The van der Waals surface area contributed by atoms with Crippen LogP contribution in [-0.2, 0) is 24.5 Å². The van der Waals surface area contributed by atoms with Gasteiger partial charge in [0.05, 0.1) is 30.8 Å². The molecule has 1 aromatic carbocycles. The van der Waals surface area contributed by atoms with Crippen molar-refractivity contribution in [1.82, 2.24) is 4.57 Å². The first-order valence-electron chi connectivity index (χ1n) is 7.54. The highest BCUT2D eigenvalue weighted by Gasteiger charge is 2.58. The van der Waals surface area contributed by atoms with Crippen LogP contribution >= 0.6 is 0 Å². The van der Waals surface area contributed by atoms with Crippen LogP contribution in [0.4, 0.5) is 0 Å². The average molecular weight is 315 g/mol. The Labute approximate surface area is 133 Å². The number of aromatic nitrogens is 1. The van der Waals surface area contributed by atoms with E-state index >= 15 is 0 Å². The first-order valence-corrected chi connectivity index (χ1v) is 7.54. The van der Waals surface area contributed by atoms with Crippen LogP contribution in [0.25, 0.3) is 10.9 Å². The quantitative estimate of drug-likeness (QED) is 0.637.